The number of nitrogens with zero attached hydrogens (tertiary/aromatic N) is 2. The van der Waals surface area contributed by atoms with Gasteiger partial charge in [0, 0.05) is 18.9 Å². The normalized spacial score (nSPS) is 17.6. The molecule has 2 N–H and O–H groups in total. The van der Waals surface area contributed by atoms with Gasteiger partial charge < -0.3 is 5.32 Å². The second kappa shape index (κ2) is 5.16. The van der Waals surface area contributed by atoms with E-state index < -0.39 is 0 Å². The van der Waals surface area contributed by atoms with Gasteiger partial charge in [-0.2, -0.15) is 0 Å². The summed E-state index contributed by atoms with van der Waals surface area (Å²) in [5.41, 5.74) is 2.47. The number of fused-ring (bicyclic) bond motifs is 1. The van der Waals surface area contributed by atoms with Gasteiger partial charge in [-0.15, -0.1) is 0 Å². The third-order valence-electron chi connectivity index (χ3n) is 3.20. The molecule has 5 heteroatoms. The topological polar surface area (TPSA) is 66.9 Å². The second-order valence-corrected chi connectivity index (χ2v) is 4.47. The summed E-state index contributed by atoms with van der Waals surface area (Å²) < 4.78 is 0. The molecule has 2 heterocycles. The molecule has 19 heavy (non-hydrogen) atoms. The maximum absolute atomic E-state index is 12.1. The summed E-state index contributed by atoms with van der Waals surface area (Å²) in [7, 11) is 0. The Bertz CT molecular complexity index is 585. The number of carbonyl (C=O) groups excluding carboxylic acids is 1. The third-order valence-corrected chi connectivity index (χ3v) is 3.20. The highest BCUT2D eigenvalue weighted by Gasteiger charge is 2.24. The maximum Gasteiger partial charge on any atom is 0.244 e. The Morgan fingerprint density at radius 1 is 1.16 bits per heavy atom. The van der Waals surface area contributed by atoms with Crippen molar-refractivity contribution in [3.05, 3.63) is 53.9 Å². The number of benzene rings is 1. The van der Waals surface area contributed by atoms with Crippen molar-refractivity contribution in [1.82, 2.24) is 15.3 Å². The van der Waals surface area contributed by atoms with Gasteiger partial charge in [-0.3, -0.25) is 10.1 Å². The molecule has 0 saturated carbocycles. The van der Waals surface area contributed by atoms with Crippen molar-refractivity contribution in [2.24, 2.45) is 0 Å². The van der Waals surface area contributed by atoms with Gasteiger partial charge in [0.1, 0.15) is 0 Å². The molecule has 1 aliphatic rings. The standard InChI is InChI=1S/C14H14N4O/c19-13(18-14-15-6-3-7-16-14)12-8-10-4-1-2-5-11(10)9-17-12/h1-7,12,17H,8-9H2,(H,15,16,18,19)/t12-/m1/s1. The molecule has 0 aliphatic carbocycles. The molecule has 0 unspecified atom stereocenters. The van der Waals surface area contributed by atoms with E-state index >= 15 is 0 Å². The highest BCUT2D eigenvalue weighted by molar-refractivity contribution is 5.93. The van der Waals surface area contributed by atoms with Crippen molar-refractivity contribution < 1.29 is 4.79 Å². The molecule has 1 aromatic heterocycles. The Balaban J connectivity index is 1.70. The molecule has 0 radical (unpaired) electrons. The smallest absolute Gasteiger partial charge is 0.244 e. The Morgan fingerprint density at radius 3 is 2.68 bits per heavy atom. The summed E-state index contributed by atoms with van der Waals surface area (Å²) in [4.78, 5) is 20.1. The van der Waals surface area contributed by atoms with E-state index in [1.165, 1.54) is 11.1 Å². The van der Waals surface area contributed by atoms with E-state index in [9.17, 15) is 4.79 Å². The molecule has 1 aliphatic heterocycles. The van der Waals surface area contributed by atoms with E-state index in [1.807, 2.05) is 12.1 Å². The monoisotopic (exact) mass is 254 g/mol. The summed E-state index contributed by atoms with van der Waals surface area (Å²) in [5, 5.41) is 5.95. The van der Waals surface area contributed by atoms with Crippen LogP contribution < -0.4 is 10.6 Å². The highest BCUT2D eigenvalue weighted by atomic mass is 16.2. The fourth-order valence-electron chi connectivity index (χ4n) is 2.20. The van der Waals surface area contributed by atoms with E-state index in [2.05, 4.69) is 32.7 Å². The number of rotatable bonds is 2. The second-order valence-electron chi connectivity index (χ2n) is 4.47. The highest BCUT2D eigenvalue weighted by Crippen LogP contribution is 2.16. The van der Waals surface area contributed by atoms with E-state index in [-0.39, 0.29) is 11.9 Å². The lowest BCUT2D eigenvalue weighted by Crippen LogP contribution is -2.44. The number of carbonyl (C=O) groups is 1. The van der Waals surface area contributed by atoms with Gasteiger partial charge in [-0.1, -0.05) is 24.3 Å². The average molecular weight is 254 g/mol. The summed E-state index contributed by atoms with van der Waals surface area (Å²) in [5.74, 6) is 0.244. The molecule has 5 nitrogen and oxygen atoms in total. The minimum atomic E-state index is -0.237. The molecule has 0 saturated heterocycles. The number of hydrogen-bond acceptors (Lipinski definition) is 4. The van der Waals surface area contributed by atoms with Crippen LogP contribution in [0, 0.1) is 0 Å². The minimum Gasteiger partial charge on any atom is -0.301 e. The maximum atomic E-state index is 12.1. The quantitative estimate of drug-likeness (QED) is 0.843. The fraction of sp³-hybridized carbons (Fsp3) is 0.214. The lowest BCUT2D eigenvalue weighted by Gasteiger charge is -2.24. The largest absolute Gasteiger partial charge is 0.301 e. The molecule has 96 valence electrons. The van der Waals surface area contributed by atoms with E-state index in [4.69, 9.17) is 0 Å². The van der Waals surface area contributed by atoms with Gasteiger partial charge in [-0.05, 0) is 23.6 Å². The molecule has 0 fully saturated rings. The predicted molar refractivity (Wildman–Crippen MR) is 71.4 cm³/mol. The molecular formula is C14H14N4O. The molecule has 3 rings (SSSR count). The van der Waals surface area contributed by atoms with E-state index in [0.717, 1.165) is 0 Å². The van der Waals surface area contributed by atoms with Gasteiger partial charge in [0.2, 0.25) is 11.9 Å². The predicted octanol–water partition coefficient (Wildman–Crippen LogP) is 1.13. The van der Waals surface area contributed by atoms with Crippen LogP contribution in [0.3, 0.4) is 0 Å². The van der Waals surface area contributed by atoms with Crippen LogP contribution in [0.1, 0.15) is 11.1 Å². The molecule has 1 atom stereocenters. The SMILES string of the molecule is O=C(Nc1ncccn1)[C@H]1Cc2ccccc2CN1. The van der Waals surface area contributed by atoms with Gasteiger partial charge in [0.05, 0.1) is 6.04 Å². The summed E-state index contributed by atoms with van der Waals surface area (Å²) >= 11 is 0. The lowest BCUT2D eigenvalue weighted by molar-refractivity contribution is -0.118. The number of amides is 1. The number of hydrogen-bond donors (Lipinski definition) is 2. The first-order valence-electron chi connectivity index (χ1n) is 6.21. The van der Waals surface area contributed by atoms with Crippen LogP contribution in [0.25, 0.3) is 0 Å². The van der Waals surface area contributed by atoms with Crippen LogP contribution in [0.5, 0.6) is 0 Å². The van der Waals surface area contributed by atoms with Crippen molar-refractivity contribution in [2.45, 2.75) is 19.0 Å². The average Bonchev–Trinajstić information content (AvgIpc) is 2.48. The Morgan fingerprint density at radius 2 is 1.89 bits per heavy atom. The van der Waals surface area contributed by atoms with Crippen molar-refractivity contribution in [3.63, 3.8) is 0 Å². The van der Waals surface area contributed by atoms with Crippen LogP contribution in [-0.4, -0.2) is 21.9 Å². The van der Waals surface area contributed by atoms with Crippen LogP contribution in [-0.2, 0) is 17.8 Å². The molecular weight excluding hydrogens is 240 g/mol. The first-order chi connectivity index (χ1) is 9.33. The zero-order chi connectivity index (χ0) is 13.1. The summed E-state index contributed by atoms with van der Waals surface area (Å²) in [6, 6.07) is 9.63. The van der Waals surface area contributed by atoms with Gasteiger partial charge >= 0.3 is 0 Å². The Kier molecular flexibility index (Phi) is 3.20. The fourth-order valence-corrected chi connectivity index (χ4v) is 2.20. The lowest BCUT2D eigenvalue weighted by atomic mass is 9.95. The van der Waals surface area contributed by atoms with Crippen molar-refractivity contribution in [3.8, 4) is 0 Å². The molecule has 2 aromatic rings. The van der Waals surface area contributed by atoms with E-state index in [0.29, 0.717) is 18.9 Å². The first kappa shape index (κ1) is 11.8. The number of anilines is 1. The van der Waals surface area contributed by atoms with E-state index in [1.54, 1.807) is 18.5 Å². The molecule has 0 bridgehead atoms. The Labute approximate surface area is 111 Å². The molecule has 0 spiro atoms. The summed E-state index contributed by atoms with van der Waals surface area (Å²) in [6.45, 7) is 0.712. The third kappa shape index (κ3) is 2.61. The van der Waals surface area contributed by atoms with Crippen molar-refractivity contribution in [1.29, 1.82) is 0 Å². The van der Waals surface area contributed by atoms with Gasteiger partial charge in [-0.25, -0.2) is 9.97 Å². The molecule has 1 aromatic carbocycles. The van der Waals surface area contributed by atoms with Crippen molar-refractivity contribution in [2.75, 3.05) is 5.32 Å². The number of aromatic nitrogens is 2. The van der Waals surface area contributed by atoms with Crippen LogP contribution in [0.2, 0.25) is 0 Å². The van der Waals surface area contributed by atoms with Gasteiger partial charge in [0.15, 0.2) is 0 Å². The van der Waals surface area contributed by atoms with Crippen LogP contribution in [0.4, 0.5) is 5.95 Å². The zero-order valence-corrected chi connectivity index (χ0v) is 10.3. The van der Waals surface area contributed by atoms with Crippen LogP contribution in [0.15, 0.2) is 42.7 Å². The van der Waals surface area contributed by atoms with Crippen molar-refractivity contribution >= 4 is 11.9 Å². The van der Waals surface area contributed by atoms with Gasteiger partial charge in [0.25, 0.3) is 0 Å². The minimum absolute atomic E-state index is 0.0966. The zero-order valence-electron chi connectivity index (χ0n) is 10.3. The summed E-state index contributed by atoms with van der Waals surface area (Å²) in [6.07, 6.45) is 3.90. The molecule has 1 amide bonds. The van der Waals surface area contributed by atoms with Crippen LogP contribution >= 0.6 is 0 Å². The number of nitrogens with one attached hydrogen (secondary N) is 2. The Hall–Kier alpha value is -2.27. The first-order valence-corrected chi connectivity index (χ1v) is 6.21.